The Hall–Kier alpha value is -2.28. The van der Waals surface area contributed by atoms with Crippen molar-refractivity contribution in [3.8, 4) is 11.5 Å². The van der Waals surface area contributed by atoms with E-state index in [2.05, 4.69) is 0 Å². The Morgan fingerprint density at radius 1 is 1.45 bits per heavy atom. The number of carboxylic acid groups (broad SMARTS) is 1. The topological polar surface area (TPSA) is 96.3 Å². The number of hydrogen-bond donors (Lipinski definition) is 2. The SMILES string of the molecule is CCCOc1cc(CO)cc2c1OC(C)C(=O)N2CC(=O)O. The van der Waals surface area contributed by atoms with Crippen LogP contribution in [0.25, 0.3) is 0 Å². The van der Waals surface area contributed by atoms with Crippen molar-refractivity contribution in [2.45, 2.75) is 33.0 Å². The maximum absolute atomic E-state index is 12.2. The number of aliphatic carboxylic acids is 1. The number of carboxylic acids is 1. The van der Waals surface area contributed by atoms with E-state index in [1.54, 1.807) is 19.1 Å². The van der Waals surface area contributed by atoms with Crippen LogP contribution >= 0.6 is 0 Å². The molecule has 1 atom stereocenters. The van der Waals surface area contributed by atoms with E-state index in [4.69, 9.17) is 14.6 Å². The second-order valence-electron chi connectivity index (χ2n) is 5.03. The number of benzene rings is 1. The zero-order chi connectivity index (χ0) is 16.3. The molecule has 1 aromatic carbocycles. The minimum atomic E-state index is -1.13. The van der Waals surface area contributed by atoms with E-state index in [1.807, 2.05) is 6.92 Å². The van der Waals surface area contributed by atoms with Gasteiger partial charge in [-0.25, -0.2) is 0 Å². The largest absolute Gasteiger partial charge is 0.490 e. The maximum Gasteiger partial charge on any atom is 0.323 e. The molecule has 1 heterocycles. The van der Waals surface area contributed by atoms with Crippen molar-refractivity contribution in [3.63, 3.8) is 0 Å². The first-order chi connectivity index (χ1) is 10.5. The van der Waals surface area contributed by atoms with Crippen LogP contribution < -0.4 is 14.4 Å². The van der Waals surface area contributed by atoms with Crippen LogP contribution in [0.1, 0.15) is 25.8 Å². The first-order valence-corrected chi connectivity index (χ1v) is 7.08. The number of fused-ring (bicyclic) bond motifs is 1. The van der Waals surface area contributed by atoms with Crippen molar-refractivity contribution in [2.75, 3.05) is 18.1 Å². The number of nitrogens with zero attached hydrogens (tertiary/aromatic N) is 1. The molecule has 2 N–H and O–H groups in total. The highest BCUT2D eigenvalue weighted by Crippen LogP contribution is 2.43. The molecular weight excluding hydrogens is 290 g/mol. The summed E-state index contributed by atoms with van der Waals surface area (Å²) in [5, 5.41) is 18.4. The molecule has 0 spiro atoms. The molecule has 22 heavy (non-hydrogen) atoms. The summed E-state index contributed by atoms with van der Waals surface area (Å²) in [4.78, 5) is 24.4. The van der Waals surface area contributed by atoms with E-state index in [0.29, 0.717) is 29.4 Å². The Kier molecular flexibility index (Phi) is 4.87. The molecule has 1 aromatic rings. The molecule has 0 fully saturated rings. The first kappa shape index (κ1) is 16.1. The van der Waals surface area contributed by atoms with E-state index < -0.39 is 24.5 Å². The summed E-state index contributed by atoms with van der Waals surface area (Å²) in [6.07, 6.45) is -0.0124. The van der Waals surface area contributed by atoms with Gasteiger partial charge >= 0.3 is 5.97 Å². The molecule has 1 amide bonds. The van der Waals surface area contributed by atoms with Gasteiger partial charge in [-0.2, -0.15) is 0 Å². The number of carbonyl (C=O) groups excluding carboxylic acids is 1. The van der Waals surface area contributed by atoms with Crippen LogP contribution in [0.3, 0.4) is 0 Å². The third-order valence-electron chi connectivity index (χ3n) is 3.23. The third kappa shape index (κ3) is 3.14. The Morgan fingerprint density at radius 2 is 2.18 bits per heavy atom. The molecule has 0 saturated carbocycles. The number of aliphatic hydroxyl groups excluding tert-OH is 1. The van der Waals surface area contributed by atoms with Gasteiger partial charge in [-0.15, -0.1) is 0 Å². The van der Waals surface area contributed by atoms with Crippen LogP contribution in [-0.2, 0) is 16.2 Å². The van der Waals surface area contributed by atoms with Gasteiger partial charge in [-0.1, -0.05) is 6.92 Å². The highest BCUT2D eigenvalue weighted by molar-refractivity contribution is 6.03. The van der Waals surface area contributed by atoms with E-state index in [-0.39, 0.29) is 6.61 Å². The molecule has 0 bridgehead atoms. The van der Waals surface area contributed by atoms with Crippen molar-refractivity contribution >= 4 is 17.6 Å². The van der Waals surface area contributed by atoms with Gasteiger partial charge in [0, 0.05) is 0 Å². The van der Waals surface area contributed by atoms with Gasteiger partial charge < -0.3 is 19.7 Å². The highest BCUT2D eigenvalue weighted by atomic mass is 16.5. The predicted molar refractivity (Wildman–Crippen MR) is 78.2 cm³/mol. The molecule has 1 aliphatic heterocycles. The molecule has 0 saturated heterocycles. The monoisotopic (exact) mass is 309 g/mol. The molecule has 0 aromatic heterocycles. The molecule has 1 unspecified atom stereocenters. The van der Waals surface area contributed by atoms with E-state index >= 15 is 0 Å². The zero-order valence-electron chi connectivity index (χ0n) is 12.5. The van der Waals surface area contributed by atoms with Crippen LogP contribution in [0.5, 0.6) is 11.5 Å². The smallest absolute Gasteiger partial charge is 0.323 e. The number of rotatable bonds is 6. The normalized spacial score (nSPS) is 17.0. The number of carbonyl (C=O) groups is 2. The van der Waals surface area contributed by atoms with Crippen molar-refractivity contribution in [3.05, 3.63) is 17.7 Å². The van der Waals surface area contributed by atoms with Gasteiger partial charge in [0.05, 0.1) is 18.9 Å². The number of anilines is 1. The standard InChI is InChI=1S/C15H19NO6/c1-3-4-21-12-6-10(8-17)5-11-14(12)22-9(2)15(20)16(11)7-13(18)19/h5-6,9,17H,3-4,7-8H2,1-2H3,(H,18,19). The van der Waals surface area contributed by atoms with Crippen LogP contribution in [0.15, 0.2) is 12.1 Å². The highest BCUT2D eigenvalue weighted by Gasteiger charge is 2.35. The average Bonchev–Trinajstić information content (AvgIpc) is 2.49. The Bertz CT molecular complexity index is 586. The van der Waals surface area contributed by atoms with Gasteiger partial charge in [0.15, 0.2) is 17.6 Å². The fourth-order valence-electron chi connectivity index (χ4n) is 2.24. The molecule has 2 rings (SSSR count). The number of ether oxygens (including phenoxy) is 2. The summed E-state index contributed by atoms with van der Waals surface area (Å²) in [6.45, 7) is 3.24. The van der Waals surface area contributed by atoms with Crippen molar-refractivity contribution in [1.82, 2.24) is 0 Å². The van der Waals surface area contributed by atoms with Crippen molar-refractivity contribution in [2.24, 2.45) is 0 Å². The lowest BCUT2D eigenvalue weighted by Crippen LogP contribution is -2.46. The molecule has 0 aliphatic carbocycles. The average molecular weight is 309 g/mol. The van der Waals surface area contributed by atoms with Crippen LogP contribution in [0.2, 0.25) is 0 Å². The molecular formula is C15H19NO6. The Morgan fingerprint density at radius 3 is 2.77 bits per heavy atom. The summed E-state index contributed by atoms with van der Waals surface area (Å²) in [5.41, 5.74) is 0.828. The van der Waals surface area contributed by atoms with Gasteiger partial charge in [-0.05, 0) is 31.0 Å². The number of amides is 1. The van der Waals surface area contributed by atoms with E-state index in [0.717, 1.165) is 11.3 Å². The summed E-state index contributed by atoms with van der Waals surface area (Å²) >= 11 is 0. The lowest BCUT2D eigenvalue weighted by atomic mass is 10.1. The maximum atomic E-state index is 12.2. The molecule has 0 radical (unpaired) electrons. The van der Waals surface area contributed by atoms with E-state index in [9.17, 15) is 14.7 Å². The number of hydrogen-bond acceptors (Lipinski definition) is 5. The van der Waals surface area contributed by atoms with Crippen molar-refractivity contribution < 1.29 is 29.3 Å². The Balaban J connectivity index is 2.52. The first-order valence-electron chi connectivity index (χ1n) is 7.08. The summed E-state index contributed by atoms with van der Waals surface area (Å²) in [6, 6.07) is 3.18. The van der Waals surface area contributed by atoms with Gasteiger partial charge in [0.2, 0.25) is 0 Å². The molecule has 7 heteroatoms. The van der Waals surface area contributed by atoms with Crippen LogP contribution in [0.4, 0.5) is 5.69 Å². The van der Waals surface area contributed by atoms with Crippen LogP contribution in [0, 0.1) is 0 Å². The fourth-order valence-corrected chi connectivity index (χ4v) is 2.24. The van der Waals surface area contributed by atoms with Gasteiger partial charge in [0.1, 0.15) is 6.54 Å². The van der Waals surface area contributed by atoms with E-state index in [1.165, 1.54) is 0 Å². The quantitative estimate of drug-likeness (QED) is 0.819. The predicted octanol–water partition coefficient (Wildman–Crippen LogP) is 1.17. The lowest BCUT2D eigenvalue weighted by Gasteiger charge is -2.33. The zero-order valence-corrected chi connectivity index (χ0v) is 12.5. The minimum Gasteiger partial charge on any atom is -0.490 e. The lowest BCUT2D eigenvalue weighted by molar-refractivity contribution is -0.137. The Labute approximate surface area is 128 Å². The second kappa shape index (κ2) is 6.65. The fraction of sp³-hybridized carbons (Fsp3) is 0.467. The molecule has 1 aliphatic rings. The molecule has 7 nitrogen and oxygen atoms in total. The third-order valence-corrected chi connectivity index (χ3v) is 3.23. The molecule has 120 valence electrons. The van der Waals surface area contributed by atoms with Gasteiger partial charge in [0.25, 0.3) is 5.91 Å². The summed E-state index contributed by atoms with van der Waals surface area (Å²) < 4.78 is 11.2. The van der Waals surface area contributed by atoms with Gasteiger partial charge in [-0.3, -0.25) is 14.5 Å². The summed E-state index contributed by atoms with van der Waals surface area (Å²) in [7, 11) is 0. The minimum absolute atomic E-state index is 0.250. The van der Waals surface area contributed by atoms with Crippen molar-refractivity contribution in [1.29, 1.82) is 0 Å². The number of aliphatic hydroxyl groups is 1. The van der Waals surface area contributed by atoms with Crippen LogP contribution in [-0.4, -0.2) is 41.3 Å². The summed E-state index contributed by atoms with van der Waals surface area (Å²) in [5.74, 6) is -0.831. The second-order valence-corrected chi connectivity index (χ2v) is 5.03.